The molecule has 0 bridgehead atoms. The highest BCUT2D eigenvalue weighted by Crippen LogP contribution is 2.26. The predicted octanol–water partition coefficient (Wildman–Crippen LogP) is 2.97. The highest BCUT2D eigenvalue weighted by atomic mass is 35.5. The first-order chi connectivity index (χ1) is 10.5. The Bertz CT molecular complexity index is 513. The van der Waals surface area contributed by atoms with Gasteiger partial charge in [-0.1, -0.05) is 24.6 Å². The second kappa shape index (κ2) is 7.84. The maximum Gasteiger partial charge on any atom is 0.263 e. The van der Waals surface area contributed by atoms with Crippen LogP contribution >= 0.6 is 11.6 Å². The molecule has 1 atom stereocenters. The van der Waals surface area contributed by atoms with Gasteiger partial charge in [0.05, 0.1) is 5.02 Å². The number of benzene rings is 1. The van der Waals surface area contributed by atoms with Gasteiger partial charge in [0.15, 0.2) is 6.10 Å². The molecule has 0 radical (unpaired) electrons. The van der Waals surface area contributed by atoms with Crippen LogP contribution in [0.15, 0.2) is 18.2 Å². The van der Waals surface area contributed by atoms with Gasteiger partial charge in [0.2, 0.25) is 0 Å². The van der Waals surface area contributed by atoms with E-state index in [9.17, 15) is 4.79 Å². The van der Waals surface area contributed by atoms with Crippen molar-refractivity contribution in [1.29, 1.82) is 0 Å². The molecule has 122 valence electrons. The number of ether oxygens (including phenoxy) is 1. The maximum atomic E-state index is 12.5. The second-order valence-electron chi connectivity index (χ2n) is 5.86. The smallest absolute Gasteiger partial charge is 0.263 e. The van der Waals surface area contributed by atoms with E-state index in [1.54, 1.807) is 13.0 Å². The summed E-state index contributed by atoms with van der Waals surface area (Å²) in [4.78, 5) is 16.8. The number of aryl methyl sites for hydroxylation is 1. The lowest BCUT2D eigenvalue weighted by Gasteiger charge is -2.35. The molecule has 0 aliphatic carbocycles. The molecule has 0 spiro atoms. The monoisotopic (exact) mass is 324 g/mol. The first kappa shape index (κ1) is 17.1. The predicted molar refractivity (Wildman–Crippen MR) is 89.6 cm³/mol. The largest absolute Gasteiger partial charge is 0.479 e. The lowest BCUT2D eigenvalue weighted by atomic mass is 10.2. The molecule has 1 amide bonds. The van der Waals surface area contributed by atoms with Crippen LogP contribution in [0, 0.1) is 6.92 Å². The number of halogens is 1. The minimum absolute atomic E-state index is 0.0359. The standard InChI is InChI=1S/C17H25ClN2O2/c1-4-7-19-8-10-20(11-9-19)17(21)14(3)22-16-12-13(2)5-6-15(16)18/h5-6,12,14H,4,7-11H2,1-3H3. The molecule has 1 aliphatic heterocycles. The molecule has 1 aliphatic rings. The van der Waals surface area contributed by atoms with Crippen molar-refractivity contribution < 1.29 is 9.53 Å². The fourth-order valence-corrected chi connectivity index (χ4v) is 2.87. The van der Waals surface area contributed by atoms with E-state index in [1.807, 2.05) is 24.0 Å². The van der Waals surface area contributed by atoms with Crippen LogP contribution < -0.4 is 4.74 Å². The molecule has 0 aromatic heterocycles. The van der Waals surface area contributed by atoms with Gasteiger partial charge in [0, 0.05) is 26.2 Å². The van der Waals surface area contributed by atoms with E-state index in [1.165, 1.54) is 0 Å². The molecule has 1 saturated heterocycles. The number of hydrogen-bond donors (Lipinski definition) is 0. The van der Waals surface area contributed by atoms with Crippen LogP contribution in [0.25, 0.3) is 0 Å². The first-order valence-electron chi connectivity index (χ1n) is 7.95. The van der Waals surface area contributed by atoms with Crippen LogP contribution in [-0.2, 0) is 4.79 Å². The number of carbonyl (C=O) groups excluding carboxylic acids is 1. The van der Waals surface area contributed by atoms with Crippen LogP contribution in [0.1, 0.15) is 25.8 Å². The minimum Gasteiger partial charge on any atom is -0.479 e. The zero-order valence-electron chi connectivity index (χ0n) is 13.6. The van der Waals surface area contributed by atoms with Crippen molar-refractivity contribution in [2.24, 2.45) is 0 Å². The maximum absolute atomic E-state index is 12.5. The topological polar surface area (TPSA) is 32.8 Å². The molecule has 1 aromatic carbocycles. The summed E-state index contributed by atoms with van der Waals surface area (Å²) in [5.41, 5.74) is 1.06. The lowest BCUT2D eigenvalue weighted by molar-refractivity contribution is -0.139. The minimum atomic E-state index is -0.517. The van der Waals surface area contributed by atoms with Crippen LogP contribution in [0.5, 0.6) is 5.75 Å². The third kappa shape index (κ3) is 4.37. The molecule has 1 fully saturated rings. The van der Waals surface area contributed by atoms with E-state index in [0.717, 1.165) is 44.7 Å². The third-order valence-electron chi connectivity index (χ3n) is 3.96. The Morgan fingerprint density at radius 2 is 2.00 bits per heavy atom. The van der Waals surface area contributed by atoms with Gasteiger partial charge in [-0.15, -0.1) is 0 Å². The van der Waals surface area contributed by atoms with Gasteiger partial charge < -0.3 is 9.64 Å². The summed E-state index contributed by atoms with van der Waals surface area (Å²) in [6, 6.07) is 5.59. The van der Waals surface area contributed by atoms with E-state index in [0.29, 0.717) is 10.8 Å². The van der Waals surface area contributed by atoms with Crippen molar-refractivity contribution in [1.82, 2.24) is 9.80 Å². The van der Waals surface area contributed by atoms with Crippen LogP contribution in [0.2, 0.25) is 5.02 Å². The average Bonchev–Trinajstić information content (AvgIpc) is 2.51. The molecule has 1 heterocycles. The van der Waals surface area contributed by atoms with E-state index in [2.05, 4.69) is 11.8 Å². The van der Waals surface area contributed by atoms with Crippen molar-refractivity contribution in [3.8, 4) is 5.75 Å². The van der Waals surface area contributed by atoms with Crippen molar-refractivity contribution >= 4 is 17.5 Å². The molecular formula is C17H25ClN2O2. The molecule has 0 saturated carbocycles. The Kier molecular flexibility index (Phi) is 6.09. The Morgan fingerprint density at radius 3 is 2.64 bits per heavy atom. The molecule has 1 unspecified atom stereocenters. The number of hydrogen-bond acceptors (Lipinski definition) is 3. The number of piperazine rings is 1. The molecule has 22 heavy (non-hydrogen) atoms. The summed E-state index contributed by atoms with van der Waals surface area (Å²) in [5.74, 6) is 0.612. The van der Waals surface area contributed by atoms with Gasteiger partial charge in [0.25, 0.3) is 5.91 Å². The zero-order valence-corrected chi connectivity index (χ0v) is 14.4. The summed E-state index contributed by atoms with van der Waals surface area (Å²) in [5, 5.41) is 0.540. The van der Waals surface area contributed by atoms with Gasteiger partial charge in [-0.3, -0.25) is 9.69 Å². The second-order valence-corrected chi connectivity index (χ2v) is 6.27. The van der Waals surface area contributed by atoms with Crippen molar-refractivity contribution in [2.45, 2.75) is 33.3 Å². The molecule has 4 nitrogen and oxygen atoms in total. The average molecular weight is 325 g/mol. The normalized spacial score (nSPS) is 17.4. The fraction of sp³-hybridized carbons (Fsp3) is 0.588. The quantitative estimate of drug-likeness (QED) is 0.834. The number of rotatable bonds is 5. The Morgan fingerprint density at radius 1 is 1.32 bits per heavy atom. The Balaban J connectivity index is 1.91. The van der Waals surface area contributed by atoms with E-state index in [4.69, 9.17) is 16.3 Å². The summed E-state index contributed by atoms with van der Waals surface area (Å²) < 4.78 is 5.78. The van der Waals surface area contributed by atoms with Gasteiger partial charge in [-0.25, -0.2) is 0 Å². The first-order valence-corrected chi connectivity index (χ1v) is 8.33. The Labute approximate surface area is 138 Å². The van der Waals surface area contributed by atoms with Gasteiger partial charge in [-0.2, -0.15) is 0 Å². The summed E-state index contributed by atoms with van der Waals surface area (Å²) in [6.07, 6.45) is 0.635. The number of nitrogens with zero attached hydrogens (tertiary/aromatic N) is 2. The van der Waals surface area contributed by atoms with Crippen molar-refractivity contribution in [3.05, 3.63) is 28.8 Å². The SMILES string of the molecule is CCCN1CCN(C(=O)C(C)Oc2cc(C)ccc2Cl)CC1. The van der Waals surface area contributed by atoms with E-state index < -0.39 is 6.10 Å². The molecule has 1 aromatic rings. The van der Waals surface area contributed by atoms with Crippen LogP contribution in [0.4, 0.5) is 0 Å². The van der Waals surface area contributed by atoms with Crippen molar-refractivity contribution in [3.63, 3.8) is 0 Å². The third-order valence-corrected chi connectivity index (χ3v) is 4.27. The van der Waals surface area contributed by atoms with E-state index in [-0.39, 0.29) is 5.91 Å². The summed E-state index contributed by atoms with van der Waals surface area (Å²) in [6.45, 7) is 10.5. The molecule has 5 heteroatoms. The lowest BCUT2D eigenvalue weighted by Crippen LogP contribution is -2.51. The highest BCUT2D eigenvalue weighted by molar-refractivity contribution is 6.32. The summed E-state index contributed by atoms with van der Waals surface area (Å²) >= 11 is 6.13. The van der Waals surface area contributed by atoms with Gasteiger partial charge >= 0.3 is 0 Å². The van der Waals surface area contributed by atoms with Gasteiger partial charge in [0.1, 0.15) is 5.75 Å². The molecule has 2 rings (SSSR count). The zero-order chi connectivity index (χ0) is 16.1. The fourth-order valence-electron chi connectivity index (χ4n) is 2.71. The van der Waals surface area contributed by atoms with Crippen LogP contribution in [0.3, 0.4) is 0 Å². The molecule has 0 N–H and O–H groups in total. The highest BCUT2D eigenvalue weighted by Gasteiger charge is 2.26. The van der Waals surface area contributed by atoms with Gasteiger partial charge in [-0.05, 0) is 44.5 Å². The van der Waals surface area contributed by atoms with E-state index >= 15 is 0 Å². The van der Waals surface area contributed by atoms with Crippen LogP contribution in [-0.4, -0.2) is 54.5 Å². The number of carbonyl (C=O) groups is 1. The Hall–Kier alpha value is -1.26. The molecular weight excluding hydrogens is 300 g/mol. The van der Waals surface area contributed by atoms with Crippen molar-refractivity contribution in [2.75, 3.05) is 32.7 Å². The number of amides is 1. The summed E-state index contributed by atoms with van der Waals surface area (Å²) in [7, 11) is 0.